The van der Waals surface area contributed by atoms with Crippen LogP contribution in [0.25, 0.3) is 0 Å². The number of hydrogen-bond donors (Lipinski definition) is 1. The Morgan fingerprint density at radius 3 is 2.70 bits per heavy atom. The molecule has 0 aliphatic carbocycles. The lowest BCUT2D eigenvalue weighted by atomic mass is 10.1. The second-order valence-electron chi connectivity index (χ2n) is 4.50. The Hall–Kier alpha value is -1.94. The molecule has 20 heavy (non-hydrogen) atoms. The Labute approximate surface area is 123 Å². The zero-order valence-electron chi connectivity index (χ0n) is 11.2. The first kappa shape index (κ1) is 14.5. The average molecular weight is 289 g/mol. The van der Waals surface area contributed by atoms with Crippen LogP contribution in [0, 0.1) is 5.82 Å². The SMILES string of the molecule is CCc1cccc(OCc2cc(F)cc(C(N)=S)c2)c1. The van der Waals surface area contributed by atoms with Gasteiger partial charge in [0.2, 0.25) is 0 Å². The number of hydrogen-bond acceptors (Lipinski definition) is 2. The topological polar surface area (TPSA) is 35.2 Å². The second kappa shape index (κ2) is 6.48. The summed E-state index contributed by atoms with van der Waals surface area (Å²) in [6.45, 7) is 2.36. The molecule has 0 atom stereocenters. The van der Waals surface area contributed by atoms with E-state index in [2.05, 4.69) is 6.92 Å². The van der Waals surface area contributed by atoms with Gasteiger partial charge in [-0.15, -0.1) is 0 Å². The van der Waals surface area contributed by atoms with Crippen molar-refractivity contribution in [3.63, 3.8) is 0 Å². The summed E-state index contributed by atoms with van der Waals surface area (Å²) in [5.41, 5.74) is 7.94. The normalized spacial score (nSPS) is 10.3. The van der Waals surface area contributed by atoms with Crippen LogP contribution in [-0.2, 0) is 13.0 Å². The molecule has 0 amide bonds. The van der Waals surface area contributed by atoms with Crippen molar-refractivity contribution in [2.45, 2.75) is 20.0 Å². The summed E-state index contributed by atoms with van der Waals surface area (Å²) in [4.78, 5) is 0.179. The number of ether oxygens (including phenoxy) is 1. The number of benzene rings is 2. The third-order valence-corrected chi connectivity index (χ3v) is 3.19. The highest BCUT2D eigenvalue weighted by molar-refractivity contribution is 7.80. The zero-order chi connectivity index (χ0) is 14.5. The van der Waals surface area contributed by atoms with E-state index in [0.717, 1.165) is 12.2 Å². The van der Waals surface area contributed by atoms with Crippen molar-refractivity contribution >= 4 is 17.2 Å². The van der Waals surface area contributed by atoms with Crippen LogP contribution in [0.4, 0.5) is 4.39 Å². The Balaban J connectivity index is 2.12. The molecule has 0 saturated heterocycles. The van der Waals surface area contributed by atoms with Gasteiger partial charge in [-0.1, -0.05) is 31.3 Å². The maximum Gasteiger partial charge on any atom is 0.124 e. The molecule has 2 aromatic carbocycles. The molecule has 0 aliphatic heterocycles. The van der Waals surface area contributed by atoms with Gasteiger partial charge in [-0.3, -0.25) is 0 Å². The number of halogens is 1. The third kappa shape index (κ3) is 3.78. The van der Waals surface area contributed by atoms with Crippen molar-refractivity contribution < 1.29 is 9.13 Å². The molecule has 2 rings (SSSR count). The fraction of sp³-hybridized carbons (Fsp3) is 0.188. The summed E-state index contributed by atoms with van der Waals surface area (Å²) >= 11 is 4.86. The lowest BCUT2D eigenvalue weighted by molar-refractivity contribution is 0.305. The second-order valence-corrected chi connectivity index (χ2v) is 4.94. The highest BCUT2D eigenvalue weighted by Crippen LogP contribution is 2.17. The maximum atomic E-state index is 13.5. The molecule has 0 unspecified atom stereocenters. The monoisotopic (exact) mass is 289 g/mol. The first-order valence-electron chi connectivity index (χ1n) is 6.39. The largest absolute Gasteiger partial charge is 0.489 e. The molecule has 0 aliphatic rings. The number of thiocarbonyl (C=S) groups is 1. The van der Waals surface area contributed by atoms with E-state index in [9.17, 15) is 4.39 Å². The number of nitrogens with two attached hydrogens (primary N) is 1. The number of rotatable bonds is 5. The average Bonchev–Trinajstić information content (AvgIpc) is 2.44. The fourth-order valence-electron chi connectivity index (χ4n) is 1.90. The van der Waals surface area contributed by atoms with Crippen molar-refractivity contribution in [2.24, 2.45) is 5.73 Å². The predicted octanol–water partition coefficient (Wildman–Crippen LogP) is 3.60. The molecule has 104 valence electrons. The van der Waals surface area contributed by atoms with Crippen LogP contribution in [-0.4, -0.2) is 4.99 Å². The molecular formula is C16H16FNOS. The molecule has 2 nitrogen and oxygen atoms in total. The van der Waals surface area contributed by atoms with Gasteiger partial charge in [-0.25, -0.2) is 4.39 Å². The summed E-state index contributed by atoms with van der Waals surface area (Å²) in [7, 11) is 0. The van der Waals surface area contributed by atoms with E-state index in [1.165, 1.54) is 17.7 Å². The van der Waals surface area contributed by atoms with E-state index in [-0.39, 0.29) is 17.4 Å². The first-order valence-corrected chi connectivity index (χ1v) is 6.80. The minimum Gasteiger partial charge on any atom is -0.489 e. The van der Waals surface area contributed by atoms with Crippen LogP contribution in [0.2, 0.25) is 0 Å². The van der Waals surface area contributed by atoms with Gasteiger partial charge in [0.15, 0.2) is 0 Å². The molecule has 0 fully saturated rings. The molecule has 0 aromatic heterocycles. The summed E-state index contributed by atoms with van der Waals surface area (Å²) in [5.74, 6) is 0.404. The highest BCUT2D eigenvalue weighted by atomic mass is 32.1. The summed E-state index contributed by atoms with van der Waals surface area (Å²) < 4.78 is 19.1. The van der Waals surface area contributed by atoms with E-state index in [1.54, 1.807) is 6.07 Å². The Kier molecular flexibility index (Phi) is 4.69. The molecule has 0 radical (unpaired) electrons. The smallest absolute Gasteiger partial charge is 0.124 e. The van der Waals surface area contributed by atoms with Gasteiger partial charge in [0.1, 0.15) is 23.2 Å². The molecule has 4 heteroatoms. The lowest BCUT2D eigenvalue weighted by Crippen LogP contribution is -2.10. The van der Waals surface area contributed by atoms with Gasteiger partial charge in [0.25, 0.3) is 0 Å². The minimum absolute atomic E-state index is 0.179. The quantitative estimate of drug-likeness (QED) is 0.854. The molecular weight excluding hydrogens is 273 g/mol. The van der Waals surface area contributed by atoms with E-state index in [4.69, 9.17) is 22.7 Å². The van der Waals surface area contributed by atoms with Gasteiger partial charge in [-0.05, 0) is 47.9 Å². The van der Waals surface area contributed by atoms with Crippen LogP contribution in [0.3, 0.4) is 0 Å². The van der Waals surface area contributed by atoms with Crippen molar-refractivity contribution in [2.75, 3.05) is 0 Å². The van der Waals surface area contributed by atoms with E-state index < -0.39 is 0 Å². The summed E-state index contributed by atoms with van der Waals surface area (Å²) in [5, 5.41) is 0. The van der Waals surface area contributed by atoms with Crippen molar-refractivity contribution in [1.29, 1.82) is 0 Å². The van der Waals surface area contributed by atoms with Crippen LogP contribution < -0.4 is 10.5 Å². The lowest BCUT2D eigenvalue weighted by Gasteiger charge is -2.09. The summed E-state index contributed by atoms with van der Waals surface area (Å²) in [6.07, 6.45) is 0.947. The molecule has 0 saturated carbocycles. The van der Waals surface area contributed by atoms with E-state index >= 15 is 0 Å². The van der Waals surface area contributed by atoms with Crippen LogP contribution in [0.15, 0.2) is 42.5 Å². The van der Waals surface area contributed by atoms with Crippen molar-refractivity contribution in [3.05, 3.63) is 65.0 Å². The molecule has 2 N–H and O–H groups in total. The standard InChI is InChI=1S/C16H16FNOS/c1-2-11-4-3-5-15(8-11)19-10-12-6-13(16(18)20)9-14(17)7-12/h3-9H,2,10H2,1H3,(H2,18,20). The first-order chi connectivity index (χ1) is 9.58. The van der Waals surface area contributed by atoms with Crippen LogP contribution in [0.5, 0.6) is 5.75 Å². The van der Waals surface area contributed by atoms with Crippen molar-refractivity contribution in [1.82, 2.24) is 0 Å². The molecule has 0 spiro atoms. The highest BCUT2D eigenvalue weighted by Gasteiger charge is 2.04. The van der Waals surface area contributed by atoms with Gasteiger partial charge in [0, 0.05) is 5.56 Å². The third-order valence-electron chi connectivity index (χ3n) is 2.95. The van der Waals surface area contributed by atoms with Gasteiger partial charge in [-0.2, -0.15) is 0 Å². The Bertz CT molecular complexity index is 628. The van der Waals surface area contributed by atoms with Crippen molar-refractivity contribution in [3.8, 4) is 5.75 Å². The van der Waals surface area contributed by atoms with Gasteiger partial charge < -0.3 is 10.5 Å². The molecule has 2 aromatic rings. The molecule has 0 bridgehead atoms. The Morgan fingerprint density at radius 2 is 2.00 bits per heavy atom. The van der Waals surface area contributed by atoms with Crippen LogP contribution in [0.1, 0.15) is 23.6 Å². The van der Waals surface area contributed by atoms with Gasteiger partial charge >= 0.3 is 0 Å². The molecule has 0 heterocycles. The van der Waals surface area contributed by atoms with Crippen LogP contribution >= 0.6 is 12.2 Å². The Morgan fingerprint density at radius 1 is 1.20 bits per heavy atom. The number of aryl methyl sites for hydroxylation is 1. The van der Waals surface area contributed by atoms with Gasteiger partial charge in [0.05, 0.1) is 0 Å². The zero-order valence-corrected chi connectivity index (χ0v) is 12.0. The minimum atomic E-state index is -0.365. The summed E-state index contributed by atoms with van der Waals surface area (Å²) in [6, 6.07) is 12.3. The fourth-order valence-corrected chi connectivity index (χ4v) is 2.02. The predicted molar refractivity (Wildman–Crippen MR) is 82.4 cm³/mol. The maximum absolute atomic E-state index is 13.5. The van der Waals surface area contributed by atoms with E-state index in [1.807, 2.05) is 24.3 Å². The van der Waals surface area contributed by atoms with E-state index in [0.29, 0.717) is 11.1 Å².